The van der Waals surface area contributed by atoms with E-state index in [0.29, 0.717) is 22.2 Å². The van der Waals surface area contributed by atoms with Crippen molar-refractivity contribution in [2.75, 3.05) is 6.54 Å². The largest absolute Gasteiger partial charge is 0.306 e. The Morgan fingerprint density at radius 3 is 2.33 bits per heavy atom. The molecule has 2 aromatic carbocycles. The molecular formula is C15H12BrCl2F2N. The van der Waals surface area contributed by atoms with E-state index in [1.807, 2.05) is 6.92 Å². The smallest absolute Gasteiger partial charge is 0.137 e. The Kier molecular flexibility index (Phi) is 5.60. The van der Waals surface area contributed by atoms with Crippen LogP contribution in [0.2, 0.25) is 10.0 Å². The lowest BCUT2D eigenvalue weighted by molar-refractivity contribution is 0.542. The fourth-order valence-electron chi connectivity index (χ4n) is 2.12. The van der Waals surface area contributed by atoms with Gasteiger partial charge >= 0.3 is 0 Å². The van der Waals surface area contributed by atoms with Crippen molar-refractivity contribution in [1.29, 1.82) is 0 Å². The first-order valence-electron chi connectivity index (χ1n) is 6.27. The molecule has 2 aromatic rings. The SMILES string of the molecule is CCNC(c1cc(F)c(Br)cc1F)c1c(Cl)cccc1Cl. The van der Waals surface area contributed by atoms with Gasteiger partial charge in [0.25, 0.3) is 0 Å². The Morgan fingerprint density at radius 1 is 1.14 bits per heavy atom. The van der Waals surface area contributed by atoms with E-state index in [4.69, 9.17) is 23.2 Å². The third-order valence-electron chi connectivity index (χ3n) is 3.05. The predicted molar refractivity (Wildman–Crippen MR) is 86.0 cm³/mol. The quantitative estimate of drug-likeness (QED) is 0.652. The lowest BCUT2D eigenvalue weighted by Gasteiger charge is -2.22. The predicted octanol–water partition coefficient (Wildman–Crippen LogP) is 5.73. The van der Waals surface area contributed by atoms with E-state index in [1.54, 1.807) is 18.2 Å². The second-order valence-electron chi connectivity index (χ2n) is 4.41. The molecule has 1 nitrogen and oxygen atoms in total. The molecule has 0 amide bonds. The van der Waals surface area contributed by atoms with Crippen LogP contribution in [-0.2, 0) is 0 Å². The van der Waals surface area contributed by atoms with Crippen LogP contribution in [0.25, 0.3) is 0 Å². The summed E-state index contributed by atoms with van der Waals surface area (Å²) in [6.45, 7) is 2.41. The molecule has 0 heterocycles. The maximum Gasteiger partial charge on any atom is 0.137 e. The standard InChI is InChI=1S/C15H12BrCl2F2N/c1-2-21-15(14-10(17)4-3-5-11(14)18)8-6-13(20)9(16)7-12(8)19/h3-7,15,21H,2H2,1H3. The summed E-state index contributed by atoms with van der Waals surface area (Å²) in [5.74, 6) is -1.08. The van der Waals surface area contributed by atoms with Crippen LogP contribution in [0.4, 0.5) is 8.78 Å². The Labute approximate surface area is 140 Å². The van der Waals surface area contributed by atoms with Gasteiger partial charge in [-0.15, -0.1) is 0 Å². The normalized spacial score (nSPS) is 12.5. The minimum absolute atomic E-state index is 0.0734. The first-order valence-corrected chi connectivity index (χ1v) is 7.82. The molecule has 1 atom stereocenters. The molecule has 0 bridgehead atoms. The molecular weight excluding hydrogens is 383 g/mol. The summed E-state index contributed by atoms with van der Waals surface area (Å²) in [6.07, 6.45) is 0. The van der Waals surface area contributed by atoms with E-state index in [1.165, 1.54) is 0 Å². The van der Waals surface area contributed by atoms with Crippen molar-refractivity contribution in [3.63, 3.8) is 0 Å². The van der Waals surface area contributed by atoms with Crippen molar-refractivity contribution < 1.29 is 8.78 Å². The van der Waals surface area contributed by atoms with Gasteiger partial charge in [0, 0.05) is 21.2 Å². The van der Waals surface area contributed by atoms with Crippen LogP contribution in [0, 0.1) is 11.6 Å². The highest BCUT2D eigenvalue weighted by molar-refractivity contribution is 9.10. The van der Waals surface area contributed by atoms with E-state index >= 15 is 0 Å². The van der Waals surface area contributed by atoms with Gasteiger partial charge in [0.1, 0.15) is 11.6 Å². The molecule has 1 N–H and O–H groups in total. The molecule has 0 radical (unpaired) electrons. The molecule has 0 aliphatic rings. The molecule has 112 valence electrons. The second-order valence-corrected chi connectivity index (χ2v) is 6.08. The van der Waals surface area contributed by atoms with Crippen LogP contribution in [0.1, 0.15) is 24.1 Å². The van der Waals surface area contributed by atoms with Crippen LogP contribution in [-0.4, -0.2) is 6.54 Å². The average molecular weight is 395 g/mol. The lowest BCUT2D eigenvalue weighted by Crippen LogP contribution is -2.24. The zero-order valence-corrected chi connectivity index (χ0v) is 14.2. The van der Waals surface area contributed by atoms with Gasteiger partial charge in [-0.05, 0) is 46.7 Å². The first kappa shape index (κ1) is 16.7. The molecule has 6 heteroatoms. The third kappa shape index (κ3) is 3.57. The van der Waals surface area contributed by atoms with Crippen LogP contribution in [0.3, 0.4) is 0 Å². The van der Waals surface area contributed by atoms with Crippen molar-refractivity contribution in [2.24, 2.45) is 0 Å². The van der Waals surface area contributed by atoms with Gasteiger partial charge in [0.05, 0.1) is 10.5 Å². The van der Waals surface area contributed by atoms with Crippen molar-refractivity contribution in [2.45, 2.75) is 13.0 Å². The molecule has 0 saturated carbocycles. The Balaban J connectivity index is 2.62. The van der Waals surface area contributed by atoms with E-state index < -0.39 is 17.7 Å². The van der Waals surface area contributed by atoms with Crippen LogP contribution >= 0.6 is 39.1 Å². The third-order valence-corrected chi connectivity index (χ3v) is 4.31. The Hall–Kier alpha value is -0.680. The summed E-state index contributed by atoms with van der Waals surface area (Å²) in [6, 6.07) is 6.65. The van der Waals surface area contributed by atoms with Gasteiger partial charge in [-0.3, -0.25) is 0 Å². The van der Waals surface area contributed by atoms with E-state index in [-0.39, 0.29) is 10.0 Å². The van der Waals surface area contributed by atoms with Crippen LogP contribution < -0.4 is 5.32 Å². The van der Waals surface area contributed by atoms with E-state index in [9.17, 15) is 8.78 Å². The second kappa shape index (κ2) is 7.05. The van der Waals surface area contributed by atoms with E-state index in [0.717, 1.165) is 12.1 Å². The Bertz CT molecular complexity index is 644. The van der Waals surface area contributed by atoms with Crippen molar-refractivity contribution in [3.8, 4) is 0 Å². The summed E-state index contributed by atoms with van der Waals surface area (Å²) in [4.78, 5) is 0. The molecule has 0 aliphatic carbocycles. The highest BCUT2D eigenvalue weighted by Gasteiger charge is 2.23. The maximum absolute atomic E-state index is 14.2. The number of nitrogens with one attached hydrogen (secondary N) is 1. The number of rotatable bonds is 4. The van der Waals surface area contributed by atoms with Crippen molar-refractivity contribution in [3.05, 3.63) is 67.6 Å². The molecule has 0 aromatic heterocycles. The maximum atomic E-state index is 14.2. The molecule has 0 saturated heterocycles. The van der Waals surface area contributed by atoms with E-state index in [2.05, 4.69) is 21.2 Å². The molecule has 2 rings (SSSR count). The fourth-order valence-corrected chi connectivity index (χ4v) is 3.05. The zero-order chi connectivity index (χ0) is 15.6. The monoisotopic (exact) mass is 393 g/mol. The van der Waals surface area contributed by atoms with Crippen LogP contribution in [0.15, 0.2) is 34.8 Å². The number of hydrogen-bond acceptors (Lipinski definition) is 1. The highest BCUT2D eigenvalue weighted by Crippen LogP contribution is 2.36. The molecule has 0 aliphatic heterocycles. The van der Waals surface area contributed by atoms with Gasteiger partial charge in [-0.2, -0.15) is 0 Å². The van der Waals surface area contributed by atoms with Gasteiger partial charge < -0.3 is 5.32 Å². The number of benzene rings is 2. The van der Waals surface area contributed by atoms with Gasteiger partial charge in [0.15, 0.2) is 0 Å². The summed E-state index contributed by atoms with van der Waals surface area (Å²) in [5, 5.41) is 3.89. The first-order chi connectivity index (χ1) is 9.95. The minimum Gasteiger partial charge on any atom is -0.306 e. The molecule has 0 fully saturated rings. The fraction of sp³-hybridized carbons (Fsp3) is 0.200. The summed E-state index contributed by atoms with van der Waals surface area (Å²) >= 11 is 15.3. The number of hydrogen-bond donors (Lipinski definition) is 1. The van der Waals surface area contributed by atoms with Crippen LogP contribution in [0.5, 0.6) is 0 Å². The van der Waals surface area contributed by atoms with Gasteiger partial charge in [0.2, 0.25) is 0 Å². The number of halogens is 5. The zero-order valence-electron chi connectivity index (χ0n) is 11.1. The summed E-state index contributed by atoms with van der Waals surface area (Å²) in [7, 11) is 0. The van der Waals surface area contributed by atoms with Gasteiger partial charge in [-0.25, -0.2) is 8.78 Å². The van der Waals surface area contributed by atoms with Gasteiger partial charge in [-0.1, -0.05) is 36.2 Å². The average Bonchev–Trinajstić information content (AvgIpc) is 2.42. The van der Waals surface area contributed by atoms with Crippen molar-refractivity contribution in [1.82, 2.24) is 5.32 Å². The molecule has 1 unspecified atom stereocenters. The van der Waals surface area contributed by atoms with Crippen molar-refractivity contribution >= 4 is 39.1 Å². The Morgan fingerprint density at radius 2 is 1.76 bits per heavy atom. The lowest BCUT2D eigenvalue weighted by atomic mass is 9.97. The topological polar surface area (TPSA) is 12.0 Å². The molecule has 0 spiro atoms. The summed E-state index contributed by atoms with van der Waals surface area (Å²) < 4.78 is 28.1. The highest BCUT2D eigenvalue weighted by atomic mass is 79.9. The molecule has 21 heavy (non-hydrogen) atoms. The summed E-state index contributed by atoms with van der Waals surface area (Å²) in [5.41, 5.74) is 0.691. The minimum atomic E-state index is -0.626.